The molecule has 1 aromatic carbocycles. The maximum Gasteiger partial charge on any atom is 0.195 e. The molecule has 0 fully saturated rings. The van der Waals surface area contributed by atoms with Crippen LogP contribution in [0.1, 0.15) is 5.56 Å². The molecule has 0 bridgehead atoms. The van der Waals surface area contributed by atoms with Gasteiger partial charge in [0.1, 0.15) is 5.82 Å². The van der Waals surface area contributed by atoms with E-state index in [1.165, 1.54) is 5.56 Å². The molecular weight excluding hydrogens is 401 g/mol. The van der Waals surface area contributed by atoms with Gasteiger partial charge in [-0.25, -0.2) is 9.98 Å². The maximum atomic E-state index is 4.77. The summed E-state index contributed by atoms with van der Waals surface area (Å²) in [5.74, 6) is 1.91. The van der Waals surface area contributed by atoms with Crippen molar-refractivity contribution >= 4 is 46.7 Å². The Hall–Kier alpha value is -1.57. The predicted octanol–water partition coefficient (Wildman–Crippen LogP) is 2.90. The lowest BCUT2D eigenvalue weighted by Crippen LogP contribution is -2.35. The van der Waals surface area contributed by atoms with Crippen molar-refractivity contribution in [3.63, 3.8) is 0 Å². The SMILES string of the molecule is CN(C)C(=NCc1cc(N(C)C)nc2ccccc12)N(C)C.I. The molecule has 0 aliphatic rings. The van der Waals surface area contributed by atoms with E-state index in [0.717, 1.165) is 22.7 Å². The van der Waals surface area contributed by atoms with E-state index in [1.807, 2.05) is 75.2 Å². The molecule has 0 unspecified atom stereocenters. The molecule has 6 heteroatoms. The molecule has 1 aromatic heterocycles. The van der Waals surface area contributed by atoms with Crippen molar-refractivity contribution < 1.29 is 0 Å². The highest BCUT2D eigenvalue weighted by Crippen LogP contribution is 2.22. The molecule has 0 saturated heterocycles. The van der Waals surface area contributed by atoms with Crippen LogP contribution in [-0.4, -0.2) is 63.0 Å². The first kappa shape index (κ1) is 19.5. The Kier molecular flexibility index (Phi) is 7.05. The van der Waals surface area contributed by atoms with E-state index in [0.29, 0.717) is 6.54 Å². The molecule has 0 atom stereocenters. The number of para-hydroxylation sites is 1. The van der Waals surface area contributed by atoms with Crippen LogP contribution in [0.3, 0.4) is 0 Å². The lowest BCUT2D eigenvalue weighted by molar-refractivity contribution is 0.479. The summed E-state index contributed by atoms with van der Waals surface area (Å²) < 4.78 is 0. The van der Waals surface area contributed by atoms with Gasteiger partial charge in [-0.05, 0) is 17.7 Å². The van der Waals surface area contributed by atoms with Gasteiger partial charge in [0.05, 0.1) is 12.1 Å². The van der Waals surface area contributed by atoms with E-state index in [1.54, 1.807) is 0 Å². The Morgan fingerprint density at radius 3 is 2.17 bits per heavy atom. The number of halogens is 1. The first-order chi connectivity index (χ1) is 10.4. The summed E-state index contributed by atoms with van der Waals surface area (Å²) in [7, 11) is 12.1. The first-order valence-electron chi connectivity index (χ1n) is 7.35. The molecule has 23 heavy (non-hydrogen) atoms. The third-order valence-electron chi connectivity index (χ3n) is 3.44. The molecule has 5 nitrogen and oxygen atoms in total. The maximum absolute atomic E-state index is 4.77. The van der Waals surface area contributed by atoms with Gasteiger partial charge in [0, 0.05) is 47.7 Å². The van der Waals surface area contributed by atoms with Crippen LogP contribution in [-0.2, 0) is 6.54 Å². The summed E-state index contributed by atoms with van der Waals surface area (Å²) >= 11 is 0. The van der Waals surface area contributed by atoms with E-state index in [-0.39, 0.29) is 24.0 Å². The van der Waals surface area contributed by atoms with E-state index in [9.17, 15) is 0 Å². The molecule has 126 valence electrons. The van der Waals surface area contributed by atoms with Crippen LogP contribution >= 0.6 is 24.0 Å². The second kappa shape index (κ2) is 8.33. The minimum Gasteiger partial charge on any atom is -0.363 e. The zero-order chi connectivity index (χ0) is 16.3. The average Bonchev–Trinajstić information content (AvgIpc) is 2.46. The quantitative estimate of drug-likeness (QED) is 0.429. The number of aromatic nitrogens is 1. The zero-order valence-electron chi connectivity index (χ0n) is 14.7. The first-order valence-corrected chi connectivity index (χ1v) is 7.35. The molecule has 0 radical (unpaired) electrons. The van der Waals surface area contributed by atoms with Gasteiger partial charge in [0.15, 0.2) is 5.96 Å². The van der Waals surface area contributed by atoms with Crippen LogP contribution in [0.5, 0.6) is 0 Å². The number of fused-ring (bicyclic) bond motifs is 1. The number of guanidine groups is 1. The Morgan fingerprint density at radius 2 is 1.61 bits per heavy atom. The van der Waals surface area contributed by atoms with E-state index in [2.05, 4.69) is 17.1 Å². The number of aliphatic imine (C=N–C) groups is 1. The number of benzene rings is 1. The predicted molar refractivity (Wildman–Crippen MR) is 110 cm³/mol. The van der Waals surface area contributed by atoms with Gasteiger partial charge in [-0.1, -0.05) is 18.2 Å². The molecule has 0 aliphatic heterocycles. The second-order valence-corrected chi connectivity index (χ2v) is 5.96. The molecule has 0 N–H and O–H groups in total. The van der Waals surface area contributed by atoms with Crippen molar-refractivity contribution in [1.82, 2.24) is 14.8 Å². The fourth-order valence-electron chi connectivity index (χ4n) is 2.43. The monoisotopic (exact) mass is 427 g/mol. The number of pyridine rings is 1. The second-order valence-electron chi connectivity index (χ2n) is 5.96. The third kappa shape index (κ3) is 4.70. The summed E-state index contributed by atoms with van der Waals surface area (Å²) in [5, 5.41) is 1.16. The lowest BCUT2D eigenvalue weighted by atomic mass is 10.1. The van der Waals surface area contributed by atoms with Crippen molar-refractivity contribution in [3.05, 3.63) is 35.9 Å². The minimum atomic E-state index is 0. The summed E-state index contributed by atoms with van der Waals surface area (Å²) in [6.45, 7) is 0.634. The van der Waals surface area contributed by atoms with Crippen LogP contribution in [0.25, 0.3) is 10.9 Å². The summed E-state index contributed by atoms with van der Waals surface area (Å²) in [6, 6.07) is 10.3. The smallest absolute Gasteiger partial charge is 0.195 e. The highest BCUT2D eigenvalue weighted by Gasteiger charge is 2.09. The highest BCUT2D eigenvalue weighted by atomic mass is 127. The topological polar surface area (TPSA) is 35.0 Å². The molecule has 2 aromatic rings. The summed E-state index contributed by atoms with van der Waals surface area (Å²) in [4.78, 5) is 15.5. The largest absolute Gasteiger partial charge is 0.363 e. The molecule has 0 spiro atoms. The summed E-state index contributed by atoms with van der Waals surface area (Å²) in [5.41, 5.74) is 2.20. The van der Waals surface area contributed by atoms with Crippen molar-refractivity contribution in [2.75, 3.05) is 47.2 Å². The number of hydrogen-bond donors (Lipinski definition) is 0. The number of rotatable bonds is 3. The normalized spacial score (nSPS) is 10.0. The standard InChI is InChI=1S/C17H25N5.HI/c1-20(2)16-11-13(12-18-17(21(3)4)22(5)6)14-9-7-8-10-15(14)19-16;/h7-11H,12H2,1-6H3;1H. The van der Waals surface area contributed by atoms with Gasteiger partial charge in [0.2, 0.25) is 0 Å². The van der Waals surface area contributed by atoms with Gasteiger partial charge >= 0.3 is 0 Å². The number of anilines is 1. The van der Waals surface area contributed by atoms with Crippen LogP contribution < -0.4 is 4.90 Å². The van der Waals surface area contributed by atoms with Gasteiger partial charge < -0.3 is 14.7 Å². The third-order valence-corrected chi connectivity index (χ3v) is 3.44. The van der Waals surface area contributed by atoms with E-state index >= 15 is 0 Å². The van der Waals surface area contributed by atoms with Crippen molar-refractivity contribution in [1.29, 1.82) is 0 Å². The fourth-order valence-corrected chi connectivity index (χ4v) is 2.43. The Morgan fingerprint density at radius 1 is 1.00 bits per heavy atom. The fraction of sp³-hybridized carbons (Fsp3) is 0.412. The molecule has 2 rings (SSSR count). The molecule has 0 aliphatic carbocycles. The van der Waals surface area contributed by atoms with Crippen molar-refractivity contribution in [3.8, 4) is 0 Å². The number of nitrogens with zero attached hydrogens (tertiary/aromatic N) is 5. The molecule has 1 heterocycles. The minimum absolute atomic E-state index is 0. The Balaban J connectivity index is 0.00000264. The molecule has 0 saturated carbocycles. The van der Waals surface area contributed by atoms with Crippen molar-refractivity contribution in [2.24, 2.45) is 4.99 Å². The molecule has 0 amide bonds. The van der Waals surface area contributed by atoms with Gasteiger partial charge in [-0.2, -0.15) is 0 Å². The average molecular weight is 427 g/mol. The zero-order valence-corrected chi connectivity index (χ0v) is 17.1. The van der Waals surface area contributed by atoms with Gasteiger partial charge in [-0.15, -0.1) is 24.0 Å². The summed E-state index contributed by atoms with van der Waals surface area (Å²) in [6.07, 6.45) is 0. The number of hydrogen-bond acceptors (Lipinski definition) is 3. The Bertz CT molecular complexity index is 670. The van der Waals surface area contributed by atoms with Crippen molar-refractivity contribution in [2.45, 2.75) is 6.54 Å². The van der Waals surface area contributed by atoms with Gasteiger partial charge in [-0.3, -0.25) is 0 Å². The van der Waals surface area contributed by atoms with Crippen LogP contribution in [0, 0.1) is 0 Å². The lowest BCUT2D eigenvalue weighted by Gasteiger charge is -2.23. The van der Waals surface area contributed by atoms with Crippen LogP contribution in [0.2, 0.25) is 0 Å². The van der Waals surface area contributed by atoms with E-state index < -0.39 is 0 Å². The van der Waals surface area contributed by atoms with Crippen LogP contribution in [0.4, 0.5) is 5.82 Å². The Labute approximate surface area is 156 Å². The van der Waals surface area contributed by atoms with E-state index in [4.69, 9.17) is 4.99 Å². The van der Waals surface area contributed by atoms with Crippen LogP contribution in [0.15, 0.2) is 35.3 Å². The molecular formula is C17H26IN5. The highest BCUT2D eigenvalue weighted by molar-refractivity contribution is 14.0. The van der Waals surface area contributed by atoms with Gasteiger partial charge in [0.25, 0.3) is 0 Å².